The van der Waals surface area contributed by atoms with Crippen molar-refractivity contribution in [1.29, 1.82) is 0 Å². The van der Waals surface area contributed by atoms with Gasteiger partial charge in [-0.2, -0.15) is 0 Å². The van der Waals surface area contributed by atoms with E-state index in [9.17, 15) is 4.79 Å². The van der Waals surface area contributed by atoms with Crippen LogP contribution >= 0.6 is 27.7 Å². The minimum Gasteiger partial charge on any atom is -0.355 e. The molecular formula is C11H15BrN2OS. The van der Waals surface area contributed by atoms with E-state index >= 15 is 0 Å². The van der Waals surface area contributed by atoms with Crippen molar-refractivity contribution in [3.63, 3.8) is 0 Å². The third kappa shape index (κ3) is 4.53. The van der Waals surface area contributed by atoms with E-state index in [0.717, 1.165) is 22.5 Å². The Morgan fingerprint density at radius 2 is 2.38 bits per heavy atom. The number of thioether (sulfide) groups is 1. The third-order valence-corrected chi connectivity index (χ3v) is 3.44. The molecule has 0 radical (unpaired) electrons. The molecule has 0 saturated carbocycles. The first-order valence-electron chi connectivity index (χ1n) is 5.19. The molecule has 0 fully saturated rings. The third-order valence-electron chi connectivity index (χ3n) is 1.92. The minimum absolute atomic E-state index is 0.0663. The highest BCUT2D eigenvalue weighted by molar-refractivity contribution is 9.10. The van der Waals surface area contributed by atoms with E-state index in [4.69, 9.17) is 0 Å². The number of hydrogen-bond donors (Lipinski definition) is 1. The summed E-state index contributed by atoms with van der Waals surface area (Å²) in [6.45, 7) is 4.66. The SMILES string of the molecule is CCCNC(=O)[C@@H](C)Sc1ccc(Br)cn1. The standard InChI is InChI=1S/C11H15BrN2OS/c1-3-6-13-11(15)8(2)16-10-5-4-9(12)7-14-10/h4-5,7-8H,3,6H2,1-2H3,(H,13,15)/t8-/m1/s1. The molecule has 1 rings (SSSR count). The lowest BCUT2D eigenvalue weighted by molar-refractivity contribution is -0.120. The minimum atomic E-state index is -0.111. The van der Waals surface area contributed by atoms with Crippen molar-refractivity contribution in [3.05, 3.63) is 22.8 Å². The number of hydrogen-bond acceptors (Lipinski definition) is 3. The van der Waals surface area contributed by atoms with Gasteiger partial charge in [-0.1, -0.05) is 18.7 Å². The first kappa shape index (κ1) is 13.5. The lowest BCUT2D eigenvalue weighted by atomic mass is 10.4. The molecule has 0 aliphatic heterocycles. The number of rotatable bonds is 5. The summed E-state index contributed by atoms with van der Waals surface area (Å²) in [5.74, 6) is 0.0663. The summed E-state index contributed by atoms with van der Waals surface area (Å²) < 4.78 is 0.944. The molecule has 0 unspecified atom stereocenters. The maximum absolute atomic E-state index is 11.6. The van der Waals surface area contributed by atoms with Crippen LogP contribution in [0.25, 0.3) is 0 Å². The first-order chi connectivity index (χ1) is 7.63. The molecule has 0 aromatic carbocycles. The Labute approximate surface area is 109 Å². The molecule has 1 heterocycles. The Bertz CT molecular complexity index is 342. The van der Waals surface area contributed by atoms with Crippen LogP contribution < -0.4 is 5.32 Å². The molecule has 1 aromatic heterocycles. The van der Waals surface area contributed by atoms with Crippen molar-refractivity contribution in [2.45, 2.75) is 30.5 Å². The van der Waals surface area contributed by atoms with Crippen LogP contribution in [0.15, 0.2) is 27.8 Å². The largest absolute Gasteiger partial charge is 0.355 e. The van der Waals surface area contributed by atoms with Crippen LogP contribution in [-0.4, -0.2) is 22.7 Å². The molecular weight excluding hydrogens is 288 g/mol. The number of halogens is 1. The predicted molar refractivity (Wildman–Crippen MR) is 70.6 cm³/mol. The van der Waals surface area contributed by atoms with Gasteiger partial charge >= 0.3 is 0 Å². The van der Waals surface area contributed by atoms with Gasteiger partial charge in [0.05, 0.1) is 10.3 Å². The fraction of sp³-hybridized carbons (Fsp3) is 0.455. The second kappa shape index (κ2) is 6.91. The molecule has 16 heavy (non-hydrogen) atoms. The van der Waals surface area contributed by atoms with Crippen LogP contribution in [0.2, 0.25) is 0 Å². The second-order valence-electron chi connectivity index (χ2n) is 3.37. The van der Waals surface area contributed by atoms with Crippen LogP contribution in [0.1, 0.15) is 20.3 Å². The van der Waals surface area contributed by atoms with Crippen LogP contribution in [-0.2, 0) is 4.79 Å². The zero-order valence-corrected chi connectivity index (χ0v) is 11.8. The Balaban J connectivity index is 2.47. The molecule has 0 bridgehead atoms. The Hall–Kier alpha value is -0.550. The van der Waals surface area contributed by atoms with Gasteiger partial charge in [0.1, 0.15) is 0 Å². The topological polar surface area (TPSA) is 42.0 Å². The second-order valence-corrected chi connectivity index (χ2v) is 5.64. The quantitative estimate of drug-likeness (QED) is 0.851. The fourth-order valence-electron chi connectivity index (χ4n) is 1.06. The lowest BCUT2D eigenvalue weighted by Crippen LogP contribution is -2.31. The molecule has 88 valence electrons. The number of carbonyl (C=O) groups is 1. The van der Waals surface area contributed by atoms with Crippen molar-refractivity contribution in [2.24, 2.45) is 0 Å². The molecule has 3 nitrogen and oxygen atoms in total. The highest BCUT2D eigenvalue weighted by Gasteiger charge is 2.13. The monoisotopic (exact) mass is 302 g/mol. The van der Waals surface area contributed by atoms with Gasteiger partial charge < -0.3 is 5.32 Å². The van der Waals surface area contributed by atoms with E-state index < -0.39 is 0 Å². The van der Waals surface area contributed by atoms with Crippen molar-refractivity contribution in [3.8, 4) is 0 Å². The van der Waals surface area contributed by atoms with Crippen molar-refractivity contribution in [2.75, 3.05) is 6.54 Å². The number of carbonyl (C=O) groups excluding carboxylic acids is 1. The summed E-state index contributed by atoms with van der Waals surface area (Å²) in [6.07, 6.45) is 2.69. The molecule has 0 saturated heterocycles. The first-order valence-corrected chi connectivity index (χ1v) is 6.86. The number of aromatic nitrogens is 1. The van der Waals surface area contributed by atoms with Crippen LogP contribution in [0.4, 0.5) is 0 Å². The van der Waals surface area contributed by atoms with Gasteiger partial charge in [0.15, 0.2) is 0 Å². The number of amides is 1. The van der Waals surface area contributed by atoms with Gasteiger partial charge in [-0.15, -0.1) is 0 Å². The highest BCUT2D eigenvalue weighted by Crippen LogP contribution is 2.22. The molecule has 0 aliphatic rings. The Morgan fingerprint density at radius 1 is 1.62 bits per heavy atom. The molecule has 1 aromatic rings. The van der Waals surface area contributed by atoms with E-state index in [1.54, 1.807) is 6.20 Å². The molecule has 1 atom stereocenters. The number of nitrogens with one attached hydrogen (secondary N) is 1. The summed E-state index contributed by atoms with van der Waals surface area (Å²) in [6, 6.07) is 3.82. The van der Waals surface area contributed by atoms with Gasteiger partial charge in [-0.25, -0.2) is 4.98 Å². The molecule has 1 N–H and O–H groups in total. The average Bonchev–Trinajstić information content (AvgIpc) is 2.29. The van der Waals surface area contributed by atoms with Gasteiger partial charge in [0.2, 0.25) is 5.91 Å². The van der Waals surface area contributed by atoms with E-state index in [1.165, 1.54) is 11.8 Å². The van der Waals surface area contributed by atoms with Crippen LogP contribution in [0, 0.1) is 0 Å². The summed E-state index contributed by atoms with van der Waals surface area (Å²) in [4.78, 5) is 15.8. The zero-order valence-electron chi connectivity index (χ0n) is 9.37. The lowest BCUT2D eigenvalue weighted by Gasteiger charge is -2.10. The Kier molecular flexibility index (Phi) is 5.84. The van der Waals surface area contributed by atoms with Gasteiger partial charge in [0.25, 0.3) is 0 Å². The predicted octanol–water partition coefficient (Wildman–Crippen LogP) is 2.85. The fourth-order valence-corrected chi connectivity index (χ4v) is 2.11. The van der Waals surface area contributed by atoms with Crippen LogP contribution in [0.5, 0.6) is 0 Å². The summed E-state index contributed by atoms with van der Waals surface area (Å²) in [5, 5.41) is 3.62. The summed E-state index contributed by atoms with van der Waals surface area (Å²) in [7, 11) is 0. The maximum Gasteiger partial charge on any atom is 0.233 e. The number of pyridine rings is 1. The number of nitrogens with zero attached hydrogens (tertiary/aromatic N) is 1. The van der Waals surface area contributed by atoms with Crippen LogP contribution in [0.3, 0.4) is 0 Å². The Morgan fingerprint density at radius 3 is 2.94 bits per heavy atom. The highest BCUT2D eigenvalue weighted by atomic mass is 79.9. The van der Waals surface area contributed by atoms with Gasteiger partial charge in [0, 0.05) is 17.2 Å². The summed E-state index contributed by atoms with van der Waals surface area (Å²) in [5.41, 5.74) is 0. The molecule has 0 spiro atoms. The molecule has 0 aliphatic carbocycles. The van der Waals surface area contributed by atoms with E-state index in [0.29, 0.717) is 0 Å². The van der Waals surface area contributed by atoms with E-state index in [1.807, 2.05) is 26.0 Å². The van der Waals surface area contributed by atoms with Gasteiger partial charge in [-0.05, 0) is 41.4 Å². The van der Waals surface area contributed by atoms with E-state index in [-0.39, 0.29) is 11.2 Å². The normalized spacial score (nSPS) is 12.2. The maximum atomic E-state index is 11.6. The van der Waals surface area contributed by atoms with E-state index in [2.05, 4.69) is 26.2 Å². The molecule has 1 amide bonds. The van der Waals surface area contributed by atoms with Crippen molar-refractivity contribution in [1.82, 2.24) is 10.3 Å². The average molecular weight is 303 g/mol. The smallest absolute Gasteiger partial charge is 0.233 e. The van der Waals surface area contributed by atoms with Crippen molar-refractivity contribution < 1.29 is 4.79 Å². The zero-order chi connectivity index (χ0) is 12.0. The van der Waals surface area contributed by atoms with Crippen molar-refractivity contribution >= 4 is 33.6 Å². The molecule has 5 heteroatoms. The van der Waals surface area contributed by atoms with Gasteiger partial charge in [-0.3, -0.25) is 4.79 Å². The summed E-state index contributed by atoms with van der Waals surface area (Å²) >= 11 is 4.79.